The van der Waals surface area contributed by atoms with E-state index >= 15 is 0 Å². The summed E-state index contributed by atoms with van der Waals surface area (Å²) < 4.78 is 5.06. The number of hydrogen-bond donors (Lipinski definition) is 2. The van der Waals surface area contributed by atoms with Crippen molar-refractivity contribution in [3.05, 3.63) is 23.8 Å². The molecule has 1 aromatic rings. The molecular formula is C15H20N2O4. The summed E-state index contributed by atoms with van der Waals surface area (Å²) in [6.07, 6.45) is 1.48. The van der Waals surface area contributed by atoms with Crippen LogP contribution in [-0.2, 0) is 4.79 Å². The molecule has 0 amide bonds. The summed E-state index contributed by atoms with van der Waals surface area (Å²) in [5.41, 5.74) is 6.74. The third-order valence-corrected chi connectivity index (χ3v) is 3.77. The van der Waals surface area contributed by atoms with Crippen LogP contribution in [0.4, 0.5) is 5.69 Å². The highest BCUT2D eigenvalue weighted by molar-refractivity contribution is 5.98. The van der Waals surface area contributed by atoms with Crippen LogP contribution in [0.2, 0.25) is 0 Å². The number of likely N-dealkylation sites (tertiary alicyclic amines) is 1. The summed E-state index contributed by atoms with van der Waals surface area (Å²) in [6.45, 7) is 1.39. The number of aliphatic carboxylic acids is 1. The number of piperidine rings is 1. The average molecular weight is 292 g/mol. The predicted octanol–water partition coefficient (Wildman–Crippen LogP) is 1.26. The van der Waals surface area contributed by atoms with Gasteiger partial charge in [0.25, 0.3) is 0 Å². The van der Waals surface area contributed by atoms with Gasteiger partial charge >= 0.3 is 5.97 Å². The Balaban J connectivity index is 2.01. The van der Waals surface area contributed by atoms with Gasteiger partial charge in [0.1, 0.15) is 5.75 Å². The van der Waals surface area contributed by atoms with Gasteiger partial charge < -0.3 is 15.6 Å². The molecule has 6 nitrogen and oxygen atoms in total. The SMILES string of the molecule is COc1ccc(C(=O)CN2CCCC(C(=O)O)C2)cc1N. The number of carbonyl (C=O) groups is 2. The molecule has 1 aromatic carbocycles. The van der Waals surface area contributed by atoms with Crippen LogP contribution in [0.5, 0.6) is 5.75 Å². The quantitative estimate of drug-likeness (QED) is 0.627. The van der Waals surface area contributed by atoms with Gasteiger partial charge in [0.2, 0.25) is 0 Å². The van der Waals surface area contributed by atoms with Crippen LogP contribution in [0, 0.1) is 5.92 Å². The van der Waals surface area contributed by atoms with E-state index in [1.54, 1.807) is 18.2 Å². The Morgan fingerprint density at radius 1 is 1.48 bits per heavy atom. The third-order valence-electron chi connectivity index (χ3n) is 3.77. The Morgan fingerprint density at radius 2 is 2.24 bits per heavy atom. The molecule has 6 heteroatoms. The van der Waals surface area contributed by atoms with Gasteiger partial charge in [-0.25, -0.2) is 0 Å². The van der Waals surface area contributed by atoms with E-state index < -0.39 is 5.97 Å². The number of methoxy groups -OCH3 is 1. The number of nitrogens with two attached hydrogens (primary N) is 1. The largest absolute Gasteiger partial charge is 0.495 e. The van der Waals surface area contributed by atoms with Crippen LogP contribution >= 0.6 is 0 Å². The molecule has 1 aliphatic heterocycles. The molecule has 1 heterocycles. The zero-order chi connectivity index (χ0) is 15.4. The second-order valence-corrected chi connectivity index (χ2v) is 5.29. The Bertz CT molecular complexity index is 544. The molecule has 1 saturated heterocycles. The Labute approximate surface area is 123 Å². The smallest absolute Gasteiger partial charge is 0.307 e. The minimum atomic E-state index is -0.791. The number of hydrogen-bond acceptors (Lipinski definition) is 5. The zero-order valence-electron chi connectivity index (χ0n) is 12.0. The molecule has 1 unspecified atom stereocenters. The number of anilines is 1. The fourth-order valence-electron chi connectivity index (χ4n) is 2.60. The molecule has 0 aliphatic carbocycles. The minimum Gasteiger partial charge on any atom is -0.495 e. The van der Waals surface area contributed by atoms with Gasteiger partial charge in [-0.2, -0.15) is 0 Å². The van der Waals surface area contributed by atoms with E-state index in [0.29, 0.717) is 30.0 Å². The number of Topliss-reactive ketones (excluding diaryl/α,β-unsaturated/α-hetero) is 1. The van der Waals surface area contributed by atoms with Crippen LogP contribution in [0.25, 0.3) is 0 Å². The van der Waals surface area contributed by atoms with E-state index in [4.69, 9.17) is 15.6 Å². The highest BCUT2D eigenvalue weighted by Gasteiger charge is 2.26. The summed E-state index contributed by atoms with van der Waals surface area (Å²) in [6, 6.07) is 4.94. The van der Waals surface area contributed by atoms with Gasteiger partial charge in [-0.3, -0.25) is 14.5 Å². The maximum absolute atomic E-state index is 12.3. The number of ether oxygens (including phenoxy) is 1. The Kier molecular flexibility index (Phi) is 4.80. The van der Waals surface area contributed by atoms with Crippen molar-refractivity contribution in [1.29, 1.82) is 0 Å². The summed E-state index contributed by atoms with van der Waals surface area (Å²) in [5, 5.41) is 9.06. The molecule has 114 valence electrons. The first-order chi connectivity index (χ1) is 10.0. The first kappa shape index (κ1) is 15.3. The van der Waals surface area contributed by atoms with Crippen molar-refractivity contribution in [2.24, 2.45) is 5.92 Å². The fourth-order valence-corrected chi connectivity index (χ4v) is 2.60. The van der Waals surface area contributed by atoms with Gasteiger partial charge in [-0.05, 0) is 37.6 Å². The maximum Gasteiger partial charge on any atom is 0.307 e. The highest BCUT2D eigenvalue weighted by Crippen LogP contribution is 2.23. The number of carboxylic acids is 1. The zero-order valence-corrected chi connectivity index (χ0v) is 12.0. The van der Waals surface area contributed by atoms with E-state index in [2.05, 4.69) is 0 Å². The summed E-state index contributed by atoms with van der Waals surface area (Å²) >= 11 is 0. The van der Waals surface area contributed by atoms with E-state index in [0.717, 1.165) is 13.0 Å². The van der Waals surface area contributed by atoms with Crippen molar-refractivity contribution in [1.82, 2.24) is 4.90 Å². The topological polar surface area (TPSA) is 92.9 Å². The van der Waals surface area contributed by atoms with Crippen molar-refractivity contribution in [3.63, 3.8) is 0 Å². The number of rotatable bonds is 5. The molecule has 0 spiro atoms. The van der Waals surface area contributed by atoms with Gasteiger partial charge in [0.15, 0.2) is 5.78 Å². The van der Waals surface area contributed by atoms with Crippen molar-refractivity contribution in [2.75, 3.05) is 32.5 Å². The first-order valence-electron chi connectivity index (χ1n) is 6.93. The normalized spacial score (nSPS) is 19.2. The molecule has 3 N–H and O–H groups in total. The summed E-state index contributed by atoms with van der Waals surface area (Å²) in [5.74, 6) is -0.695. The van der Waals surface area contributed by atoms with Gasteiger partial charge in [-0.1, -0.05) is 0 Å². The lowest BCUT2D eigenvalue weighted by Crippen LogP contribution is -2.41. The molecule has 1 fully saturated rings. The van der Waals surface area contributed by atoms with Gasteiger partial charge in [0.05, 0.1) is 25.3 Å². The molecule has 21 heavy (non-hydrogen) atoms. The molecular weight excluding hydrogens is 272 g/mol. The monoisotopic (exact) mass is 292 g/mol. The first-order valence-corrected chi connectivity index (χ1v) is 6.93. The lowest BCUT2D eigenvalue weighted by Gasteiger charge is -2.29. The number of benzene rings is 1. The lowest BCUT2D eigenvalue weighted by atomic mass is 9.97. The number of carboxylic acid groups (broad SMARTS) is 1. The second-order valence-electron chi connectivity index (χ2n) is 5.29. The molecule has 0 aromatic heterocycles. The Hall–Kier alpha value is -2.08. The Morgan fingerprint density at radius 3 is 2.86 bits per heavy atom. The molecule has 1 atom stereocenters. The summed E-state index contributed by atoms with van der Waals surface area (Å²) in [7, 11) is 1.52. The van der Waals surface area contributed by atoms with Crippen molar-refractivity contribution in [2.45, 2.75) is 12.8 Å². The van der Waals surface area contributed by atoms with Crippen molar-refractivity contribution < 1.29 is 19.4 Å². The van der Waals surface area contributed by atoms with E-state index in [-0.39, 0.29) is 18.2 Å². The van der Waals surface area contributed by atoms with E-state index in [1.807, 2.05) is 4.90 Å². The highest BCUT2D eigenvalue weighted by atomic mass is 16.5. The number of carbonyl (C=O) groups excluding carboxylic acids is 1. The number of nitrogen functional groups attached to an aromatic ring is 1. The standard InChI is InChI=1S/C15H20N2O4/c1-21-14-5-4-10(7-12(14)16)13(18)9-17-6-2-3-11(8-17)15(19)20/h4-5,7,11H,2-3,6,8-9,16H2,1H3,(H,19,20). The molecule has 2 rings (SSSR count). The van der Waals surface area contributed by atoms with E-state index in [9.17, 15) is 9.59 Å². The van der Waals surface area contributed by atoms with Gasteiger partial charge in [0, 0.05) is 12.1 Å². The second kappa shape index (κ2) is 6.58. The summed E-state index contributed by atoms with van der Waals surface area (Å²) in [4.78, 5) is 25.2. The van der Waals surface area contributed by atoms with Gasteiger partial charge in [-0.15, -0.1) is 0 Å². The fraction of sp³-hybridized carbons (Fsp3) is 0.467. The van der Waals surface area contributed by atoms with Crippen LogP contribution < -0.4 is 10.5 Å². The minimum absolute atomic E-state index is 0.0598. The van der Waals surface area contributed by atoms with Crippen LogP contribution in [0.3, 0.4) is 0 Å². The molecule has 1 aliphatic rings. The van der Waals surface area contributed by atoms with Crippen LogP contribution in [0.15, 0.2) is 18.2 Å². The van der Waals surface area contributed by atoms with Crippen LogP contribution in [-0.4, -0.2) is 48.5 Å². The van der Waals surface area contributed by atoms with E-state index in [1.165, 1.54) is 7.11 Å². The predicted molar refractivity (Wildman–Crippen MR) is 78.5 cm³/mol. The molecule has 0 bridgehead atoms. The molecule has 0 radical (unpaired) electrons. The van der Waals surface area contributed by atoms with Crippen LogP contribution in [0.1, 0.15) is 23.2 Å². The molecule has 0 saturated carbocycles. The van der Waals surface area contributed by atoms with Crippen molar-refractivity contribution >= 4 is 17.4 Å². The number of nitrogens with zero attached hydrogens (tertiary/aromatic N) is 1. The van der Waals surface area contributed by atoms with Crippen molar-refractivity contribution in [3.8, 4) is 5.75 Å². The third kappa shape index (κ3) is 3.72. The average Bonchev–Trinajstić information content (AvgIpc) is 2.47. The number of ketones is 1. The maximum atomic E-state index is 12.3. The lowest BCUT2D eigenvalue weighted by molar-refractivity contribution is -0.143.